The van der Waals surface area contributed by atoms with Crippen LogP contribution in [-0.4, -0.2) is 87.6 Å². The average Bonchev–Trinajstić information content (AvgIpc) is 2.90. The normalized spacial score (nSPS) is 27.1. The number of rotatable bonds is 8. The van der Waals surface area contributed by atoms with Crippen molar-refractivity contribution in [2.24, 2.45) is 11.5 Å². The van der Waals surface area contributed by atoms with Gasteiger partial charge in [0.1, 0.15) is 12.5 Å². The second-order valence-electron chi connectivity index (χ2n) is 8.30. The zero-order valence-electron chi connectivity index (χ0n) is 18.2. The molecule has 182 valence electrons. The number of aldehydes is 1. The summed E-state index contributed by atoms with van der Waals surface area (Å²) in [6.45, 7) is 0.774. The number of nitrogens with one attached hydrogen (secondary N) is 2. The Labute approximate surface area is 196 Å². The van der Waals surface area contributed by atoms with Crippen LogP contribution in [0.5, 0.6) is 0 Å². The number of alkyl halides is 1. The monoisotopic (exact) mass is 483 g/mol. The topological polar surface area (TPSA) is 174 Å². The minimum Gasteiger partial charge on any atom is -0.401 e. The van der Waals surface area contributed by atoms with Crippen LogP contribution in [-0.2, 0) is 14.4 Å². The Bertz CT molecular complexity index is 851. The predicted octanol–water partition coefficient (Wildman–Crippen LogP) is -1.34. The number of urea groups is 1. The summed E-state index contributed by atoms with van der Waals surface area (Å²) in [5.74, 6) is -1.09. The number of aliphatic hydroxyl groups excluding tert-OH is 1. The molecule has 0 spiro atoms. The largest absolute Gasteiger partial charge is 0.401 e. The number of carbonyl (C=O) groups is 4. The maximum Gasteiger partial charge on any atom is 0.353 e. The van der Waals surface area contributed by atoms with Crippen LogP contribution in [0.1, 0.15) is 32.1 Å². The lowest BCUT2D eigenvalue weighted by Gasteiger charge is -2.45. The van der Waals surface area contributed by atoms with Crippen LogP contribution < -0.4 is 22.2 Å². The highest BCUT2D eigenvalue weighted by Gasteiger charge is 2.41. The highest BCUT2D eigenvalue weighted by atomic mass is 35.5. The Morgan fingerprint density at radius 2 is 2.06 bits per heavy atom. The second-order valence-corrected chi connectivity index (χ2v) is 8.83. The van der Waals surface area contributed by atoms with E-state index in [0.29, 0.717) is 30.5 Å². The molecule has 3 aliphatic rings. The van der Waals surface area contributed by atoms with Gasteiger partial charge in [-0.15, -0.1) is 11.6 Å². The van der Waals surface area contributed by atoms with Crippen LogP contribution in [0.15, 0.2) is 23.4 Å². The number of amides is 4. The van der Waals surface area contributed by atoms with Gasteiger partial charge in [-0.3, -0.25) is 15.0 Å². The smallest absolute Gasteiger partial charge is 0.353 e. The first-order valence-electron chi connectivity index (χ1n) is 10.8. The summed E-state index contributed by atoms with van der Waals surface area (Å²) >= 11 is 6.13. The third kappa shape index (κ3) is 6.02. The molecule has 2 saturated heterocycles. The number of allylic oxidation sites excluding steroid dienone is 3. The Kier molecular flexibility index (Phi) is 8.30. The molecule has 0 radical (unpaired) electrons. The molecular weight excluding hydrogens is 454 g/mol. The molecule has 2 heterocycles. The van der Waals surface area contributed by atoms with E-state index in [2.05, 4.69) is 10.7 Å². The minimum atomic E-state index is -0.921. The van der Waals surface area contributed by atoms with Crippen LogP contribution in [0, 0.1) is 0 Å². The number of fused-ring (bicyclic) bond motifs is 1. The van der Waals surface area contributed by atoms with Crippen molar-refractivity contribution >= 4 is 35.7 Å². The van der Waals surface area contributed by atoms with Crippen LogP contribution in [0.25, 0.3) is 0 Å². The maximum atomic E-state index is 13.4. The summed E-state index contributed by atoms with van der Waals surface area (Å²) in [5.41, 5.74) is 14.4. The zero-order valence-corrected chi connectivity index (χ0v) is 18.9. The Balaban J connectivity index is 1.73. The van der Waals surface area contributed by atoms with E-state index in [4.69, 9.17) is 23.1 Å². The first-order chi connectivity index (χ1) is 15.7. The van der Waals surface area contributed by atoms with Crippen LogP contribution in [0.2, 0.25) is 0 Å². The van der Waals surface area contributed by atoms with Crippen LogP contribution in [0.3, 0.4) is 0 Å². The van der Waals surface area contributed by atoms with E-state index in [1.807, 2.05) is 0 Å². The van der Waals surface area contributed by atoms with E-state index in [1.165, 1.54) is 10.0 Å². The van der Waals surface area contributed by atoms with Crippen molar-refractivity contribution in [2.45, 2.75) is 55.8 Å². The maximum absolute atomic E-state index is 13.4. The summed E-state index contributed by atoms with van der Waals surface area (Å²) in [5, 5.41) is 17.3. The van der Waals surface area contributed by atoms with Gasteiger partial charge in [0.05, 0.1) is 17.5 Å². The van der Waals surface area contributed by atoms with Gasteiger partial charge in [-0.05, 0) is 25.3 Å². The van der Waals surface area contributed by atoms with Gasteiger partial charge in [-0.2, -0.15) is 5.01 Å². The number of hydrogen-bond acceptors (Lipinski definition) is 8. The van der Waals surface area contributed by atoms with E-state index in [0.717, 1.165) is 6.42 Å². The lowest BCUT2D eigenvalue weighted by Crippen LogP contribution is -2.63. The number of hydrazine groups is 2. The van der Waals surface area contributed by atoms with E-state index >= 15 is 0 Å². The molecule has 13 heteroatoms. The number of carbonyl (C=O) groups excluding carboxylic acids is 4. The highest BCUT2D eigenvalue weighted by Crippen LogP contribution is 2.26. The number of nitrogens with zero attached hydrogens (tertiary/aromatic N) is 3. The van der Waals surface area contributed by atoms with Gasteiger partial charge in [0.15, 0.2) is 0 Å². The molecule has 4 atom stereocenters. The molecule has 3 rings (SSSR count). The van der Waals surface area contributed by atoms with E-state index in [9.17, 15) is 24.3 Å². The number of halogens is 1. The van der Waals surface area contributed by atoms with Crippen LogP contribution in [0.4, 0.5) is 4.79 Å². The molecule has 12 nitrogen and oxygen atoms in total. The van der Waals surface area contributed by atoms with Gasteiger partial charge in [-0.1, -0.05) is 6.08 Å². The molecule has 1 aliphatic carbocycles. The van der Waals surface area contributed by atoms with Crippen molar-refractivity contribution in [3.63, 3.8) is 0 Å². The lowest BCUT2D eigenvalue weighted by molar-refractivity contribution is -0.145. The second kappa shape index (κ2) is 11.0. The predicted molar refractivity (Wildman–Crippen MR) is 119 cm³/mol. The summed E-state index contributed by atoms with van der Waals surface area (Å²) in [7, 11) is 0. The number of hydrogen-bond donors (Lipinski definition) is 5. The first-order valence-corrected chi connectivity index (χ1v) is 11.3. The van der Waals surface area contributed by atoms with Crippen molar-refractivity contribution in [1.29, 1.82) is 0 Å². The van der Waals surface area contributed by atoms with Crippen LogP contribution >= 0.6 is 11.6 Å². The Hall–Kier alpha value is -2.67. The van der Waals surface area contributed by atoms with Gasteiger partial charge in [0, 0.05) is 43.7 Å². The van der Waals surface area contributed by atoms with E-state index in [-0.39, 0.29) is 32.4 Å². The van der Waals surface area contributed by atoms with Gasteiger partial charge in [0.2, 0.25) is 5.91 Å². The third-order valence-electron chi connectivity index (χ3n) is 5.90. The molecule has 0 saturated carbocycles. The molecule has 0 bridgehead atoms. The molecule has 3 unspecified atom stereocenters. The molecule has 0 aromatic carbocycles. The molecule has 7 N–H and O–H groups in total. The fourth-order valence-electron chi connectivity index (χ4n) is 4.11. The quantitative estimate of drug-likeness (QED) is 0.208. The molecular formula is C20H30ClN7O5. The summed E-state index contributed by atoms with van der Waals surface area (Å²) in [6, 6.07) is -1.68. The summed E-state index contributed by atoms with van der Waals surface area (Å²) in [6.07, 6.45) is 4.44. The molecule has 2 fully saturated rings. The highest BCUT2D eigenvalue weighted by molar-refractivity contribution is 6.23. The standard InChI is InChI=1S/C20H30ClN7O5/c21-15-8-12(3-4-16(15)22)19(32)25-26-7-5-18(31)27-6-1-2-14(28(27)20(26)33)10-24-13(11-29)9-17(23)30/h3-4,11,13-15,18,24,31H,1-2,5-10,22H2,(H2,23,30)(H,25,32)/t13?,14-,15?,18?/m0/s1. The summed E-state index contributed by atoms with van der Waals surface area (Å²) < 4.78 is 0. The van der Waals surface area contributed by atoms with Crippen molar-refractivity contribution in [1.82, 2.24) is 25.8 Å². The fraction of sp³-hybridized carbons (Fsp3) is 0.600. The van der Waals surface area contributed by atoms with Gasteiger partial charge in [-0.25, -0.2) is 14.8 Å². The molecule has 33 heavy (non-hydrogen) atoms. The SMILES string of the molecule is NC(=O)CC(C=O)NC[C@@H]1CCCN2C(O)CCN(NC(=O)C3=CC=C(N)C(Cl)C3)C(=O)N12. The van der Waals surface area contributed by atoms with Gasteiger partial charge >= 0.3 is 6.03 Å². The summed E-state index contributed by atoms with van der Waals surface area (Å²) in [4.78, 5) is 48.6. The third-order valence-corrected chi connectivity index (χ3v) is 6.30. The van der Waals surface area contributed by atoms with Crippen molar-refractivity contribution in [3.8, 4) is 0 Å². The number of nitrogens with two attached hydrogens (primary N) is 2. The molecule has 2 aliphatic heterocycles. The number of aliphatic hydroxyl groups is 1. The average molecular weight is 484 g/mol. The Morgan fingerprint density at radius 3 is 2.73 bits per heavy atom. The minimum absolute atomic E-state index is 0.104. The molecule has 0 aromatic rings. The molecule has 4 amide bonds. The Morgan fingerprint density at radius 1 is 1.30 bits per heavy atom. The van der Waals surface area contributed by atoms with Crippen molar-refractivity contribution in [3.05, 3.63) is 23.4 Å². The van der Waals surface area contributed by atoms with Crippen molar-refractivity contribution < 1.29 is 24.3 Å². The van der Waals surface area contributed by atoms with E-state index in [1.54, 1.807) is 17.2 Å². The van der Waals surface area contributed by atoms with Gasteiger partial charge < -0.3 is 26.7 Å². The first kappa shape index (κ1) is 25.0. The molecule has 0 aromatic heterocycles. The van der Waals surface area contributed by atoms with E-state index < -0.39 is 41.5 Å². The fourth-order valence-corrected chi connectivity index (χ4v) is 4.35. The lowest BCUT2D eigenvalue weighted by atomic mass is 10.0. The zero-order chi connectivity index (χ0) is 24.1. The van der Waals surface area contributed by atoms with Gasteiger partial charge in [0.25, 0.3) is 5.91 Å². The van der Waals surface area contributed by atoms with Crippen molar-refractivity contribution in [2.75, 3.05) is 19.6 Å². The number of primary amides is 1.